The van der Waals surface area contributed by atoms with E-state index in [0.29, 0.717) is 57.8 Å². The first kappa shape index (κ1) is 33.5. The van der Waals surface area contributed by atoms with Crippen molar-refractivity contribution < 1.29 is 41.8 Å². The molecule has 0 aliphatic carbocycles. The minimum absolute atomic E-state index is 0.0218. The van der Waals surface area contributed by atoms with Crippen LogP contribution in [0.1, 0.15) is 29.2 Å². The third-order valence-electron chi connectivity index (χ3n) is 6.39. The molecule has 3 amide bonds. The summed E-state index contributed by atoms with van der Waals surface area (Å²) < 4.78 is 56.6. The lowest BCUT2D eigenvalue weighted by Gasteiger charge is -2.17. The van der Waals surface area contributed by atoms with Crippen LogP contribution in [0.25, 0.3) is 6.08 Å². The molecule has 45 heavy (non-hydrogen) atoms. The molecule has 0 saturated carbocycles. The summed E-state index contributed by atoms with van der Waals surface area (Å²) in [6, 6.07) is 13.2. The summed E-state index contributed by atoms with van der Waals surface area (Å²) in [4.78, 5) is 39.4. The highest BCUT2D eigenvalue weighted by Gasteiger charge is 2.37. The van der Waals surface area contributed by atoms with Gasteiger partial charge in [0, 0.05) is 10.6 Å². The molecule has 1 aliphatic rings. The summed E-state index contributed by atoms with van der Waals surface area (Å²) in [5.41, 5.74) is 0.898. The zero-order valence-electron chi connectivity index (χ0n) is 24.2. The monoisotopic (exact) mass is 660 g/mol. The van der Waals surface area contributed by atoms with Crippen LogP contribution in [0, 0.1) is 0 Å². The normalized spacial score (nSPS) is 14.1. The number of alkyl halides is 3. The second-order valence-corrected chi connectivity index (χ2v) is 11.0. The standard InChI is InChI=1S/C32H28ClF3N2O6S/c1-4-6-21-13-20(14-26(43-5-2)29(21)44-18-19-7-10-23(33)11-8-19)15-27-30(40)38(31(41)45-27)17-28(39)37-24-16-22(32(34,35)36)9-12-25(24)42-3/h4,7-16H,1,5-6,17-18H2,2-3H3,(H,37,39)/b27-15-. The molecule has 1 heterocycles. The second kappa shape index (κ2) is 14.6. The predicted octanol–water partition coefficient (Wildman–Crippen LogP) is 7.75. The lowest BCUT2D eigenvalue weighted by atomic mass is 10.0. The van der Waals surface area contributed by atoms with Crippen LogP contribution in [-0.2, 0) is 28.8 Å². The number of allylic oxidation sites excluding steroid dienone is 1. The Morgan fingerprint density at radius 2 is 1.80 bits per heavy atom. The van der Waals surface area contributed by atoms with Gasteiger partial charge in [0.15, 0.2) is 11.5 Å². The van der Waals surface area contributed by atoms with Gasteiger partial charge >= 0.3 is 6.18 Å². The van der Waals surface area contributed by atoms with Gasteiger partial charge in [0.1, 0.15) is 18.9 Å². The van der Waals surface area contributed by atoms with Gasteiger partial charge in [0.2, 0.25) is 5.91 Å². The van der Waals surface area contributed by atoms with Crippen LogP contribution in [-0.4, -0.2) is 42.2 Å². The Labute approximate surface area is 266 Å². The minimum atomic E-state index is -4.66. The minimum Gasteiger partial charge on any atom is -0.495 e. The van der Waals surface area contributed by atoms with Gasteiger partial charge in [-0.15, -0.1) is 6.58 Å². The van der Waals surface area contributed by atoms with Crippen LogP contribution >= 0.6 is 23.4 Å². The van der Waals surface area contributed by atoms with Crippen LogP contribution in [0.15, 0.2) is 72.2 Å². The van der Waals surface area contributed by atoms with Crippen molar-refractivity contribution in [1.82, 2.24) is 4.90 Å². The molecule has 8 nitrogen and oxygen atoms in total. The van der Waals surface area contributed by atoms with Crippen LogP contribution in [0.3, 0.4) is 0 Å². The number of benzene rings is 3. The molecule has 3 aromatic carbocycles. The highest BCUT2D eigenvalue weighted by Crippen LogP contribution is 2.38. The predicted molar refractivity (Wildman–Crippen MR) is 167 cm³/mol. The Hall–Kier alpha value is -4.42. The molecule has 4 rings (SSSR count). The van der Waals surface area contributed by atoms with Gasteiger partial charge in [-0.25, -0.2) is 0 Å². The van der Waals surface area contributed by atoms with Crippen LogP contribution in [0.5, 0.6) is 17.2 Å². The first-order chi connectivity index (χ1) is 21.4. The molecule has 0 spiro atoms. The van der Waals surface area contributed by atoms with Crippen molar-refractivity contribution in [3.8, 4) is 17.2 Å². The van der Waals surface area contributed by atoms with Crippen molar-refractivity contribution in [2.75, 3.05) is 25.6 Å². The molecule has 0 atom stereocenters. The van der Waals surface area contributed by atoms with E-state index in [4.69, 9.17) is 25.8 Å². The number of rotatable bonds is 12. The first-order valence-corrected chi connectivity index (χ1v) is 14.7. The van der Waals surface area contributed by atoms with Crippen molar-refractivity contribution >= 4 is 52.2 Å². The van der Waals surface area contributed by atoms with E-state index in [1.165, 1.54) is 13.2 Å². The molecule has 0 aromatic heterocycles. The molecule has 0 bridgehead atoms. The van der Waals surface area contributed by atoms with Gasteiger partial charge in [0.05, 0.1) is 29.9 Å². The number of ether oxygens (including phenoxy) is 3. The Kier molecular flexibility index (Phi) is 10.8. The van der Waals surface area contributed by atoms with E-state index in [1.54, 1.807) is 30.3 Å². The lowest BCUT2D eigenvalue weighted by Crippen LogP contribution is -2.36. The molecule has 1 fully saturated rings. The number of thioether (sulfide) groups is 1. The van der Waals surface area contributed by atoms with E-state index in [0.717, 1.165) is 23.3 Å². The highest BCUT2D eigenvalue weighted by molar-refractivity contribution is 8.18. The number of imide groups is 1. The van der Waals surface area contributed by atoms with E-state index in [-0.39, 0.29) is 22.9 Å². The summed E-state index contributed by atoms with van der Waals surface area (Å²) in [5.74, 6) is -0.719. The maximum absolute atomic E-state index is 13.2. The SMILES string of the molecule is C=CCc1cc(/C=C2\SC(=O)N(CC(=O)Nc3cc(C(F)(F)F)ccc3OC)C2=O)cc(OCC)c1OCc1ccc(Cl)cc1. The number of carbonyl (C=O) groups is 3. The van der Waals surface area contributed by atoms with Crippen LogP contribution in [0.4, 0.5) is 23.7 Å². The zero-order valence-corrected chi connectivity index (χ0v) is 25.8. The maximum Gasteiger partial charge on any atom is 0.416 e. The summed E-state index contributed by atoms with van der Waals surface area (Å²) in [6.45, 7) is 5.48. The van der Waals surface area contributed by atoms with Gasteiger partial charge in [-0.05, 0) is 84.8 Å². The summed E-state index contributed by atoms with van der Waals surface area (Å²) >= 11 is 6.61. The molecule has 1 N–H and O–H groups in total. The molecule has 0 unspecified atom stereocenters. The molecule has 236 valence electrons. The molecule has 3 aromatic rings. The zero-order chi connectivity index (χ0) is 32.7. The maximum atomic E-state index is 13.2. The Balaban J connectivity index is 1.54. The van der Waals surface area contributed by atoms with Crippen molar-refractivity contribution in [2.45, 2.75) is 26.1 Å². The van der Waals surface area contributed by atoms with Gasteiger partial charge < -0.3 is 19.5 Å². The summed E-state index contributed by atoms with van der Waals surface area (Å²) in [5, 5.41) is 2.19. The third kappa shape index (κ3) is 8.40. The van der Waals surface area contributed by atoms with Gasteiger partial charge in [0.25, 0.3) is 11.1 Å². The van der Waals surface area contributed by atoms with Crippen molar-refractivity contribution in [3.05, 3.63) is 99.4 Å². The Morgan fingerprint density at radius 1 is 1.07 bits per heavy atom. The molecular formula is C32H28ClF3N2O6S. The number of anilines is 1. The Morgan fingerprint density at radius 3 is 2.44 bits per heavy atom. The fourth-order valence-corrected chi connectivity index (χ4v) is 5.30. The number of hydrogen-bond acceptors (Lipinski definition) is 7. The van der Waals surface area contributed by atoms with Crippen molar-refractivity contribution in [1.29, 1.82) is 0 Å². The molecule has 0 radical (unpaired) electrons. The lowest BCUT2D eigenvalue weighted by molar-refractivity contribution is -0.137. The number of halogens is 4. The fraction of sp³-hybridized carbons (Fsp3) is 0.219. The summed E-state index contributed by atoms with van der Waals surface area (Å²) in [6.07, 6.45) is -1.05. The highest BCUT2D eigenvalue weighted by atomic mass is 35.5. The number of amides is 3. The van der Waals surface area contributed by atoms with Gasteiger partial charge in [-0.2, -0.15) is 13.2 Å². The number of methoxy groups -OCH3 is 1. The molecular weight excluding hydrogens is 633 g/mol. The fourth-order valence-electron chi connectivity index (χ4n) is 4.34. The van der Waals surface area contributed by atoms with Crippen LogP contribution in [0.2, 0.25) is 5.02 Å². The largest absolute Gasteiger partial charge is 0.495 e. The molecule has 1 aliphatic heterocycles. The van der Waals surface area contributed by atoms with Crippen LogP contribution < -0.4 is 19.5 Å². The average Bonchev–Trinajstić information content (AvgIpc) is 3.24. The number of nitrogens with zero attached hydrogens (tertiary/aromatic N) is 1. The third-order valence-corrected chi connectivity index (χ3v) is 7.55. The summed E-state index contributed by atoms with van der Waals surface area (Å²) in [7, 11) is 1.23. The number of nitrogens with one attached hydrogen (secondary N) is 1. The van der Waals surface area contributed by atoms with Gasteiger partial charge in [-0.1, -0.05) is 29.8 Å². The van der Waals surface area contributed by atoms with E-state index < -0.39 is 35.3 Å². The average molecular weight is 661 g/mol. The molecule has 13 heteroatoms. The second-order valence-electron chi connectivity index (χ2n) is 9.58. The number of carbonyl (C=O) groups excluding carboxylic acids is 3. The smallest absolute Gasteiger partial charge is 0.416 e. The van der Waals surface area contributed by atoms with E-state index >= 15 is 0 Å². The topological polar surface area (TPSA) is 94.2 Å². The Bertz CT molecular complexity index is 1640. The van der Waals surface area contributed by atoms with E-state index in [9.17, 15) is 27.6 Å². The van der Waals surface area contributed by atoms with Crippen molar-refractivity contribution in [3.63, 3.8) is 0 Å². The van der Waals surface area contributed by atoms with E-state index in [1.807, 2.05) is 19.1 Å². The molecule has 1 saturated heterocycles. The van der Waals surface area contributed by atoms with Gasteiger partial charge in [-0.3, -0.25) is 19.3 Å². The van der Waals surface area contributed by atoms with Crippen molar-refractivity contribution in [2.24, 2.45) is 0 Å². The quantitative estimate of drug-likeness (QED) is 0.157. The first-order valence-electron chi connectivity index (χ1n) is 13.5. The van der Waals surface area contributed by atoms with E-state index in [2.05, 4.69) is 11.9 Å². The number of hydrogen-bond donors (Lipinski definition) is 1.